The minimum atomic E-state index is -0.844. The van der Waals surface area contributed by atoms with Crippen molar-refractivity contribution in [2.45, 2.75) is 24.7 Å². The van der Waals surface area contributed by atoms with Crippen LogP contribution in [0.15, 0.2) is 66.9 Å². The Morgan fingerprint density at radius 2 is 1.75 bits per heavy atom. The second-order valence-electron chi connectivity index (χ2n) is 9.88. The van der Waals surface area contributed by atoms with Crippen LogP contribution in [-0.2, 0) is 11.8 Å². The molecule has 2 aliphatic rings. The van der Waals surface area contributed by atoms with Gasteiger partial charge in [0.15, 0.2) is 0 Å². The van der Waals surface area contributed by atoms with Crippen LogP contribution in [0.3, 0.4) is 0 Å². The average Bonchev–Trinajstić information content (AvgIpc) is 3.43. The highest BCUT2D eigenvalue weighted by Gasteiger charge is 2.47. The minimum Gasteiger partial charge on any atom is -0.361 e. The maximum Gasteiger partial charge on any atom is 0.264 e. The first kappa shape index (κ1) is 23.2. The summed E-state index contributed by atoms with van der Waals surface area (Å²) in [5, 5.41) is 1.86. The zero-order chi connectivity index (χ0) is 24.9. The van der Waals surface area contributed by atoms with Gasteiger partial charge in [-0.1, -0.05) is 35.9 Å². The van der Waals surface area contributed by atoms with Crippen LogP contribution < -0.4 is 4.90 Å². The number of benzene rings is 3. The maximum absolute atomic E-state index is 14.5. The van der Waals surface area contributed by atoms with Crippen LogP contribution in [-0.4, -0.2) is 42.0 Å². The normalized spacial score (nSPS) is 17.1. The molecule has 3 heterocycles. The molecule has 1 aromatic heterocycles. The Balaban J connectivity index is 1.21. The molecule has 2 aliphatic heterocycles. The molecule has 36 heavy (non-hydrogen) atoms. The number of aromatic nitrogens is 1. The summed E-state index contributed by atoms with van der Waals surface area (Å²) >= 11 is 6.37. The molecule has 7 heteroatoms. The van der Waals surface area contributed by atoms with E-state index in [-0.39, 0.29) is 5.41 Å². The smallest absolute Gasteiger partial charge is 0.264 e. The average molecular weight is 506 g/mol. The molecule has 0 atom stereocenters. The zero-order valence-electron chi connectivity index (χ0n) is 19.7. The van der Waals surface area contributed by atoms with Gasteiger partial charge in [0.25, 0.3) is 5.91 Å². The number of rotatable bonds is 4. The second kappa shape index (κ2) is 9.02. The Morgan fingerprint density at radius 3 is 2.53 bits per heavy atom. The standard InChI is InChI=1S/C29H26ClF2N3O/c30-20-8-9-26-22(16-20)29(18-35(26)28(36)27-23(31)5-3-6-24(27)32)11-14-34(15-12-29)13-10-19-17-33-25-7-2-1-4-21(19)25/h1-9,16-17,33H,10-15,18H2. The van der Waals surface area contributed by atoms with E-state index in [1.807, 2.05) is 12.1 Å². The number of piperidine rings is 1. The fraction of sp³-hybridized carbons (Fsp3) is 0.276. The Kier molecular flexibility index (Phi) is 5.81. The number of H-pyrrole nitrogens is 1. The number of nitrogens with zero attached hydrogens (tertiary/aromatic N) is 2. The number of anilines is 1. The van der Waals surface area contributed by atoms with Gasteiger partial charge < -0.3 is 14.8 Å². The summed E-state index contributed by atoms with van der Waals surface area (Å²) in [6.07, 6.45) is 4.74. The van der Waals surface area contributed by atoms with Gasteiger partial charge in [-0.25, -0.2) is 8.78 Å². The Hall–Kier alpha value is -3.22. The van der Waals surface area contributed by atoms with E-state index in [0.717, 1.165) is 62.1 Å². The number of halogens is 3. The number of fused-ring (bicyclic) bond motifs is 3. The molecule has 4 nitrogen and oxygen atoms in total. The summed E-state index contributed by atoms with van der Waals surface area (Å²) < 4.78 is 28.9. The fourth-order valence-electron chi connectivity index (χ4n) is 5.91. The monoisotopic (exact) mass is 505 g/mol. The van der Waals surface area contributed by atoms with Crippen LogP contribution in [0, 0.1) is 11.6 Å². The van der Waals surface area contributed by atoms with Gasteiger partial charge in [0.05, 0.1) is 0 Å². The van der Waals surface area contributed by atoms with E-state index in [9.17, 15) is 13.6 Å². The van der Waals surface area contributed by atoms with E-state index < -0.39 is 23.1 Å². The number of para-hydroxylation sites is 1. The third-order valence-corrected chi connectivity index (χ3v) is 8.12. The summed E-state index contributed by atoms with van der Waals surface area (Å²) in [4.78, 5) is 20.7. The number of aromatic amines is 1. The summed E-state index contributed by atoms with van der Waals surface area (Å²) in [6, 6.07) is 17.3. The maximum atomic E-state index is 14.5. The van der Waals surface area contributed by atoms with Crippen LogP contribution in [0.4, 0.5) is 14.5 Å². The summed E-state index contributed by atoms with van der Waals surface area (Å²) in [7, 11) is 0. The molecule has 0 radical (unpaired) electrons. The van der Waals surface area contributed by atoms with Crippen LogP contribution in [0.5, 0.6) is 0 Å². The van der Waals surface area contributed by atoms with Crippen molar-refractivity contribution in [1.82, 2.24) is 9.88 Å². The number of nitrogens with one attached hydrogen (secondary N) is 1. The lowest BCUT2D eigenvalue weighted by Gasteiger charge is -2.40. The van der Waals surface area contributed by atoms with Crippen molar-refractivity contribution >= 4 is 34.1 Å². The largest absolute Gasteiger partial charge is 0.361 e. The summed E-state index contributed by atoms with van der Waals surface area (Å²) in [5.74, 6) is -2.33. The molecule has 1 spiro atoms. The van der Waals surface area contributed by atoms with Crippen LogP contribution in [0.25, 0.3) is 10.9 Å². The second-order valence-corrected chi connectivity index (χ2v) is 10.3. The molecule has 0 unspecified atom stereocenters. The topological polar surface area (TPSA) is 39.3 Å². The van der Waals surface area contributed by atoms with Gasteiger partial charge in [0, 0.05) is 46.3 Å². The molecule has 3 aromatic carbocycles. The third kappa shape index (κ3) is 3.89. The van der Waals surface area contributed by atoms with E-state index in [4.69, 9.17) is 11.6 Å². The highest BCUT2D eigenvalue weighted by molar-refractivity contribution is 6.30. The summed E-state index contributed by atoms with van der Waals surface area (Å²) in [6.45, 7) is 3.10. The van der Waals surface area contributed by atoms with Crippen molar-refractivity contribution in [3.8, 4) is 0 Å². The highest BCUT2D eigenvalue weighted by Crippen LogP contribution is 2.48. The van der Waals surface area contributed by atoms with E-state index in [2.05, 4.69) is 34.3 Å². The van der Waals surface area contributed by atoms with E-state index in [1.165, 1.54) is 21.9 Å². The molecule has 1 fully saturated rings. The van der Waals surface area contributed by atoms with Gasteiger partial charge in [-0.05, 0) is 79.9 Å². The first-order chi connectivity index (χ1) is 17.4. The van der Waals surface area contributed by atoms with Crippen LogP contribution >= 0.6 is 11.6 Å². The number of carbonyl (C=O) groups is 1. The molecule has 184 valence electrons. The Bertz CT molecular complexity index is 1440. The van der Waals surface area contributed by atoms with Crippen molar-refractivity contribution < 1.29 is 13.6 Å². The van der Waals surface area contributed by atoms with E-state index >= 15 is 0 Å². The number of likely N-dealkylation sites (tertiary alicyclic amines) is 1. The Labute approximate surface area is 213 Å². The number of amides is 1. The molecular formula is C29H26ClF2N3O. The highest BCUT2D eigenvalue weighted by atomic mass is 35.5. The predicted octanol–water partition coefficient (Wildman–Crippen LogP) is 6.34. The van der Waals surface area contributed by atoms with Crippen molar-refractivity contribution in [3.63, 3.8) is 0 Å². The molecular weight excluding hydrogens is 480 g/mol. The van der Waals surface area contributed by atoms with E-state index in [0.29, 0.717) is 17.3 Å². The van der Waals surface area contributed by atoms with Crippen LogP contribution in [0.1, 0.15) is 34.3 Å². The zero-order valence-corrected chi connectivity index (χ0v) is 20.5. The van der Waals surface area contributed by atoms with Crippen molar-refractivity contribution in [2.75, 3.05) is 31.1 Å². The summed E-state index contributed by atoms with van der Waals surface area (Å²) in [5.41, 5.74) is 3.37. The molecule has 0 bridgehead atoms. The van der Waals surface area contributed by atoms with Crippen molar-refractivity contribution in [2.24, 2.45) is 0 Å². The molecule has 1 N–H and O–H groups in total. The van der Waals surface area contributed by atoms with Gasteiger partial charge in [0.2, 0.25) is 0 Å². The van der Waals surface area contributed by atoms with Gasteiger partial charge in [-0.2, -0.15) is 0 Å². The first-order valence-corrected chi connectivity index (χ1v) is 12.7. The minimum absolute atomic E-state index is 0.283. The van der Waals surface area contributed by atoms with E-state index in [1.54, 1.807) is 12.1 Å². The van der Waals surface area contributed by atoms with Gasteiger partial charge in [-0.3, -0.25) is 4.79 Å². The molecule has 0 saturated carbocycles. The SMILES string of the molecule is O=C(c1c(F)cccc1F)N1CC2(CCN(CCc3c[nH]c4ccccc34)CC2)c2cc(Cl)ccc21. The lowest BCUT2D eigenvalue weighted by Crippen LogP contribution is -2.46. The van der Waals surface area contributed by atoms with Gasteiger partial charge >= 0.3 is 0 Å². The molecule has 6 rings (SSSR count). The lowest BCUT2D eigenvalue weighted by molar-refractivity contribution is 0.0968. The van der Waals surface area contributed by atoms with Gasteiger partial charge in [-0.15, -0.1) is 0 Å². The fourth-order valence-corrected chi connectivity index (χ4v) is 6.08. The molecule has 1 amide bonds. The van der Waals surface area contributed by atoms with Crippen LogP contribution in [0.2, 0.25) is 5.02 Å². The number of carbonyl (C=O) groups excluding carboxylic acids is 1. The quantitative estimate of drug-likeness (QED) is 0.352. The van der Waals surface area contributed by atoms with Crippen molar-refractivity contribution in [3.05, 3.63) is 100 Å². The predicted molar refractivity (Wildman–Crippen MR) is 139 cm³/mol. The molecule has 4 aromatic rings. The van der Waals surface area contributed by atoms with Crippen molar-refractivity contribution in [1.29, 1.82) is 0 Å². The molecule has 1 saturated heterocycles. The number of hydrogen-bond acceptors (Lipinski definition) is 2. The lowest BCUT2D eigenvalue weighted by atomic mass is 9.74. The molecule has 0 aliphatic carbocycles. The number of hydrogen-bond donors (Lipinski definition) is 1. The Morgan fingerprint density at radius 1 is 1.00 bits per heavy atom. The third-order valence-electron chi connectivity index (χ3n) is 7.89. The first-order valence-electron chi connectivity index (χ1n) is 12.3. The van der Waals surface area contributed by atoms with Gasteiger partial charge in [0.1, 0.15) is 17.2 Å².